The fraction of sp³-hybridized carbons (Fsp3) is 0.133. The van der Waals surface area contributed by atoms with Crippen LogP contribution < -0.4 is 0 Å². The molecule has 0 radical (unpaired) electrons. The lowest BCUT2D eigenvalue weighted by atomic mass is 10.2. The molecule has 0 spiro atoms. The monoisotopic (exact) mass is 337 g/mol. The molecule has 1 aromatic heterocycles. The first kappa shape index (κ1) is 15.1. The van der Waals surface area contributed by atoms with Crippen LogP contribution in [0.1, 0.15) is 10.6 Å². The standard InChI is InChI=1S/C15H12FNO3S2/c16-11-4-5-14-13(7-11)17-15(21-14)9-22(19,20)12-3-1-2-10(6-12)8-18/h1-7,18H,8-9H2. The largest absolute Gasteiger partial charge is 0.392 e. The van der Waals surface area contributed by atoms with Gasteiger partial charge in [-0.2, -0.15) is 0 Å². The summed E-state index contributed by atoms with van der Waals surface area (Å²) in [5, 5.41) is 9.51. The number of aliphatic hydroxyl groups is 1. The number of aromatic nitrogens is 1. The number of halogens is 1. The van der Waals surface area contributed by atoms with Gasteiger partial charge in [-0.1, -0.05) is 12.1 Å². The van der Waals surface area contributed by atoms with Crippen LogP contribution in [-0.4, -0.2) is 18.5 Å². The summed E-state index contributed by atoms with van der Waals surface area (Å²) in [6.07, 6.45) is 0. The number of nitrogens with zero attached hydrogens (tertiary/aromatic N) is 1. The van der Waals surface area contributed by atoms with Crippen LogP contribution >= 0.6 is 11.3 Å². The summed E-state index contributed by atoms with van der Waals surface area (Å²) in [6.45, 7) is -0.218. The molecule has 0 saturated heterocycles. The number of hydrogen-bond acceptors (Lipinski definition) is 5. The Morgan fingerprint density at radius 1 is 1.18 bits per heavy atom. The molecule has 0 aliphatic carbocycles. The maximum atomic E-state index is 13.2. The van der Waals surface area contributed by atoms with Crippen molar-refractivity contribution in [2.45, 2.75) is 17.3 Å². The highest BCUT2D eigenvalue weighted by molar-refractivity contribution is 7.90. The maximum Gasteiger partial charge on any atom is 0.184 e. The summed E-state index contributed by atoms with van der Waals surface area (Å²) >= 11 is 1.23. The topological polar surface area (TPSA) is 67.3 Å². The molecule has 0 unspecified atom stereocenters. The van der Waals surface area contributed by atoms with Crippen molar-refractivity contribution in [3.05, 3.63) is 58.9 Å². The van der Waals surface area contributed by atoms with Crippen molar-refractivity contribution in [1.29, 1.82) is 0 Å². The average molecular weight is 337 g/mol. The van der Waals surface area contributed by atoms with E-state index < -0.39 is 15.7 Å². The van der Waals surface area contributed by atoms with Gasteiger partial charge in [0.1, 0.15) is 16.6 Å². The molecular formula is C15H12FNO3S2. The van der Waals surface area contributed by atoms with E-state index in [2.05, 4.69) is 4.98 Å². The first-order chi connectivity index (χ1) is 10.5. The fourth-order valence-electron chi connectivity index (χ4n) is 2.09. The van der Waals surface area contributed by atoms with Gasteiger partial charge in [-0.15, -0.1) is 11.3 Å². The molecule has 1 heterocycles. The van der Waals surface area contributed by atoms with E-state index in [0.29, 0.717) is 16.1 Å². The van der Waals surface area contributed by atoms with Gasteiger partial charge in [-0.05, 0) is 29.8 Å². The lowest BCUT2D eigenvalue weighted by molar-refractivity contribution is 0.281. The number of fused-ring (bicyclic) bond motifs is 1. The second-order valence-corrected chi connectivity index (χ2v) is 7.89. The maximum absolute atomic E-state index is 13.2. The number of aliphatic hydroxyl groups excluding tert-OH is 1. The van der Waals surface area contributed by atoms with Crippen molar-refractivity contribution in [2.75, 3.05) is 0 Å². The molecule has 7 heteroatoms. The smallest absolute Gasteiger partial charge is 0.184 e. The lowest BCUT2D eigenvalue weighted by Gasteiger charge is -2.04. The van der Waals surface area contributed by atoms with Crippen LogP contribution in [0.2, 0.25) is 0 Å². The lowest BCUT2D eigenvalue weighted by Crippen LogP contribution is -2.05. The van der Waals surface area contributed by atoms with E-state index in [0.717, 1.165) is 4.70 Å². The summed E-state index contributed by atoms with van der Waals surface area (Å²) in [6, 6.07) is 10.4. The molecule has 0 bridgehead atoms. The third kappa shape index (κ3) is 3.01. The third-order valence-corrected chi connectivity index (χ3v) is 5.99. The SMILES string of the molecule is O=S(=O)(Cc1nc2cc(F)ccc2s1)c1cccc(CO)c1. The molecule has 1 N–H and O–H groups in total. The molecule has 0 fully saturated rings. The van der Waals surface area contributed by atoms with Gasteiger partial charge in [0, 0.05) is 6.07 Å². The zero-order chi connectivity index (χ0) is 15.7. The van der Waals surface area contributed by atoms with Crippen molar-refractivity contribution in [3.8, 4) is 0 Å². The van der Waals surface area contributed by atoms with E-state index in [4.69, 9.17) is 5.11 Å². The van der Waals surface area contributed by atoms with Crippen LogP contribution in [0.4, 0.5) is 4.39 Å². The first-order valence-electron chi connectivity index (χ1n) is 6.45. The molecule has 114 valence electrons. The third-order valence-electron chi connectivity index (χ3n) is 3.15. The van der Waals surface area contributed by atoms with Gasteiger partial charge >= 0.3 is 0 Å². The highest BCUT2D eigenvalue weighted by Gasteiger charge is 2.18. The summed E-state index contributed by atoms with van der Waals surface area (Å²) < 4.78 is 38.7. The highest BCUT2D eigenvalue weighted by Crippen LogP contribution is 2.26. The Balaban J connectivity index is 1.95. The minimum Gasteiger partial charge on any atom is -0.392 e. The highest BCUT2D eigenvalue weighted by atomic mass is 32.2. The second kappa shape index (κ2) is 5.75. The minimum absolute atomic E-state index is 0.143. The Bertz CT molecular complexity index is 935. The zero-order valence-corrected chi connectivity index (χ0v) is 13.0. The molecule has 0 aliphatic rings. The number of rotatable bonds is 4. The Kier molecular flexibility index (Phi) is 3.94. The Morgan fingerprint density at radius 3 is 2.77 bits per heavy atom. The van der Waals surface area contributed by atoms with Gasteiger partial charge in [-0.3, -0.25) is 0 Å². The average Bonchev–Trinajstić information content (AvgIpc) is 2.87. The van der Waals surface area contributed by atoms with Crippen molar-refractivity contribution in [3.63, 3.8) is 0 Å². The number of benzene rings is 2. The van der Waals surface area contributed by atoms with E-state index in [1.165, 1.54) is 35.6 Å². The van der Waals surface area contributed by atoms with Gasteiger partial charge in [0.15, 0.2) is 9.84 Å². The summed E-state index contributed by atoms with van der Waals surface area (Å²) in [7, 11) is -3.56. The van der Waals surface area contributed by atoms with Gasteiger partial charge in [-0.25, -0.2) is 17.8 Å². The molecule has 0 atom stereocenters. The number of sulfone groups is 1. The van der Waals surface area contributed by atoms with Gasteiger partial charge in [0.05, 0.1) is 21.7 Å². The van der Waals surface area contributed by atoms with Crippen molar-refractivity contribution >= 4 is 31.4 Å². The van der Waals surface area contributed by atoms with E-state index >= 15 is 0 Å². The van der Waals surface area contributed by atoms with E-state index in [1.54, 1.807) is 18.2 Å². The summed E-state index contributed by atoms with van der Waals surface area (Å²) in [5.41, 5.74) is 0.992. The molecule has 0 saturated carbocycles. The number of thiazole rings is 1. The Morgan fingerprint density at radius 2 is 2.00 bits per heavy atom. The molecule has 3 rings (SSSR count). The predicted octanol–water partition coefficient (Wildman–Crippen LogP) is 2.90. The molecule has 0 aliphatic heterocycles. The minimum atomic E-state index is -3.56. The molecular weight excluding hydrogens is 325 g/mol. The summed E-state index contributed by atoms with van der Waals surface area (Å²) in [4.78, 5) is 4.32. The zero-order valence-electron chi connectivity index (χ0n) is 11.4. The molecule has 2 aromatic carbocycles. The predicted molar refractivity (Wildman–Crippen MR) is 82.8 cm³/mol. The van der Waals surface area contributed by atoms with E-state index in [1.807, 2.05) is 0 Å². The van der Waals surface area contributed by atoms with Crippen LogP contribution in [-0.2, 0) is 22.2 Å². The van der Waals surface area contributed by atoms with Crippen molar-refractivity contribution < 1.29 is 17.9 Å². The van der Waals surface area contributed by atoms with Crippen LogP contribution in [0.15, 0.2) is 47.4 Å². The van der Waals surface area contributed by atoms with Crippen LogP contribution in [0.25, 0.3) is 10.2 Å². The quantitative estimate of drug-likeness (QED) is 0.795. The van der Waals surface area contributed by atoms with Gasteiger partial charge in [0.2, 0.25) is 0 Å². The molecule has 4 nitrogen and oxygen atoms in total. The molecule has 0 amide bonds. The van der Waals surface area contributed by atoms with Crippen LogP contribution in [0, 0.1) is 5.82 Å². The second-order valence-electron chi connectivity index (χ2n) is 4.78. The van der Waals surface area contributed by atoms with E-state index in [9.17, 15) is 12.8 Å². The van der Waals surface area contributed by atoms with Gasteiger partial charge in [0.25, 0.3) is 0 Å². The van der Waals surface area contributed by atoms with Gasteiger partial charge < -0.3 is 5.11 Å². The Hall–Kier alpha value is -1.83. The summed E-state index contributed by atoms with van der Waals surface area (Å²) in [5.74, 6) is -0.647. The van der Waals surface area contributed by atoms with Crippen molar-refractivity contribution in [1.82, 2.24) is 4.98 Å². The fourth-order valence-corrected chi connectivity index (χ4v) is 4.71. The van der Waals surface area contributed by atoms with Crippen LogP contribution in [0.3, 0.4) is 0 Å². The Labute approximate surface area is 130 Å². The number of hydrogen-bond donors (Lipinski definition) is 1. The van der Waals surface area contributed by atoms with Crippen LogP contribution in [0.5, 0.6) is 0 Å². The van der Waals surface area contributed by atoms with E-state index in [-0.39, 0.29) is 17.3 Å². The molecule has 22 heavy (non-hydrogen) atoms. The first-order valence-corrected chi connectivity index (χ1v) is 8.92. The van der Waals surface area contributed by atoms with Crippen molar-refractivity contribution in [2.24, 2.45) is 0 Å². The normalized spacial score (nSPS) is 11.9. The molecule has 3 aromatic rings.